The molecule has 2 amide bonds. The molecule has 1 saturated carbocycles. The van der Waals surface area contributed by atoms with Crippen LogP contribution in [0.25, 0.3) is 10.8 Å². The zero-order valence-corrected chi connectivity index (χ0v) is 14.5. The van der Waals surface area contributed by atoms with Gasteiger partial charge < -0.3 is 15.4 Å². The molecule has 2 aromatic rings. The Morgan fingerprint density at radius 1 is 1.16 bits per heavy atom. The number of ether oxygens (including phenoxy) is 1. The minimum atomic E-state index is -2.72. The van der Waals surface area contributed by atoms with Crippen LogP contribution in [0, 0.1) is 11.3 Å². The molecule has 4 nitrogen and oxygen atoms in total. The molecule has 0 heterocycles. The van der Waals surface area contributed by atoms with Gasteiger partial charge in [-0.2, -0.15) is 0 Å². The van der Waals surface area contributed by atoms with E-state index in [2.05, 4.69) is 10.6 Å². The summed E-state index contributed by atoms with van der Waals surface area (Å²) in [5.41, 5.74) is -0.202. The Bertz CT molecular complexity index is 791. The summed E-state index contributed by atoms with van der Waals surface area (Å²) in [5.74, 6) is -2.87. The number of halogens is 2. The third kappa shape index (κ3) is 3.01. The topological polar surface area (TPSA) is 50.4 Å². The first kappa shape index (κ1) is 17.5. The first-order chi connectivity index (χ1) is 11.8. The van der Waals surface area contributed by atoms with Gasteiger partial charge in [-0.15, -0.1) is 0 Å². The fourth-order valence-electron chi connectivity index (χ4n) is 3.26. The minimum Gasteiger partial charge on any atom is -0.496 e. The standard InChI is InChI=1S/C19H22F2N2O2/c1-18(2)16(19(18,20)21)11-23-17(24)22-10-14-13-7-5-4-6-12(13)8-9-15(14)25-3/h4-9,16H,10-11H2,1-3H3,(H2,22,23,24). The molecule has 0 aromatic heterocycles. The number of methoxy groups -OCH3 is 1. The fraction of sp³-hybridized carbons (Fsp3) is 0.421. The van der Waals surface area contributed by atoms with Crippen LogP contribution in [0.2, 0.25) is 0 Å². The van der Waals surface area contributed by atoms with Crippen molar-refractivity contribution in [3.05, 3.63) is 42.0 Å². The SMILES string of the molecule is COc1ccc2ccccc2c1CNC(=O)NCC1C(C)(C)C1(F)F. The van der Waals surface area contributed by atoms with E-state index < -0.39 is 23.3 Å². The monoisotopic (exact) mass is 348 g/mol. The number of rotatable bonds is 5. The first-order valence-corrected chi connectivity index (χ1v) is 8.23. The molecule has 0 aliphatic heterocycles. The number of carbonyl (C=O) groups excluding carboxylic acids is 1. The summed E-state index contributed by atoms with van der Waals surface area (Å²) in [6, 6.07) is 11.1. The molecule has 134 valence electrons. The molecular formula is C19H22F2N2O2. The van der Waals surface area contributed by atoms with E-state index in [9.17, 15) is 13.6 Å². The van der Waals surface area contributed by atoms with Crippen molar-refractivity contribution in [3.63, 3.8) is 0 Å². The Hall–Kier alpha value is -2.37. The summed E-state index contributed by atoms with van der Waals surface area (Å²) in [6.45, 7) is 3.23. The average molecular weight is 348 g/mol. The Labute approximate surface area is 145 Å². The van der Waals surface area contributed by atoms with Crippen molar-refractivity contribution < 1.29 is 18.3 Å². The molecule has 1 unspecified atom stereocenters. The largest absolute Gasteiger partial charge is 0.496 e. The zero-order valence-electron chi connectivity index (χ0n) is 14.5. The summed E-state index contributed by atoms with van der Waals surface area (Å²) in [4.78, 5) is 12.0. The number of hydrogen-bond acceptors (Lipinski definition) is 2. The van der Waals surface area contributed by atoms with E-state index in [-0.39, 0.29) is 13.1 Å². The smallest absolute Gasteiger partial charge is 0.315 e. The second kappa shape index (κ2) is 6.17. The molecule has 0 saturated heterocycles. The van der Waals surface area contributed by atoms with Crippen LogP contribution >= 0.6 is 0 Å². The van der Waals surface area contributed by atoms with E-state index in [0.29, 0.717) is 5.75 Å². The molecule has 1 aliphatic carbocycles. The molecule has 2 aromatic carbocycles. The molecule has 6 heteroatoms. The maximum absolute atomic E-state index is 13.6. The Kier molecular flexibility index (Phi) is 4.31. The molecule has 1 atom stereocenters. The second-order valence-corrected chi connectivity index (χ2v) is 6.93. The Balaban J connectivity index is 1.64. The van der Waals surface area contributed by atoms with Gasteiger partial charge in [-0.1, -0.05) is 44.2 Å². The van der Waals surface area contributed by atoms with Gasteiger partial charge in [-0.25, -0.2) is 13.6 Å². The Morgan fingerprint density at radius 3 is 2.48 bits per heavy atom. The van der Waals surface area contributed by atoms with Gasteiger partial charge in [0.05, 0.1) is 13.0 Å². The predicted octanol–water partition coefficient (Wildman–Crippen LogP) is 3.94. The lowest BCUT2D eigenvalue weighted by molar-refractivity contribution is 0.0668. The molecule has 0 radical (unpaired) electrons. The zero-order chi connectivity index (χ0) is 18.2. The van der Waals surface area contributed by atoms with E-state index >= 15 is 0 Å². The number of benzene rings is 2. The van der Waals surface area contributed by atoms with Gasteiger partial charge in [0.1, 0.15) is 5.75 Å². The lowest BCUT2D eigenvalue weighted by atomic mass is 10.0. The highest BCUT2D eigenvalue weighted by Gasteiger charge is 2.74. The summed E-state index contributed by atoms with van der Waals surface area (Å²) < 4.78 is 32.5. The number of urea groups is 1. The molecule has 2 N–H and O–H groups in total. The number of amides is 2. The van der Waals surface area contributed by atoms with Crippen LogP contribution in [0.5, 0.6) is 5.75 Å². The number of hydrogen-bond donors (Lipinski definition) is 2. The lowest BCUT2D eigenvalue weighted by Gasteiger charge is -2.13. The van der Waals surface area contributed by atoms with E-state index in [1.807, 2.05) is 36.4 Å². The highest BCUT2D eigenvalue weighted by atomic mass is 19.3. The first-order valence-electron chi connectivity index (χ1n) is 8.23. The maximum Gasteiger partial charge on any atom is 0.315 e. The highest BCUT2D eigenvalue weighted by Crippen LogP contribution is 2.65. The summed E-state index contributed by atoms with van der Waals surface area (Å²) in [7, 11) is 1.57. The third-order valence-corrected chi connectivity index (χ3v) is 5.19. The van der Waals surface area contributed by atoms with Gasteiger partial charge >= 0.3 is 6.03 Å². The Morgan fingerprint density at radius 2 is 1.84 bits per heavy atom. The highest BCUT2D eigenvalue weighted by molar-refractivity contribution is 5.88. The van der Waals surface area contributed by atoms with Crippen LogP contribution in [-0.2, 0) is 6.54 Å². The third-order valence-electron chi connectivity index (χ3n) is 5.19. The number of alkyl halides is 2. The van der Waals surface area contributed by atoms with Crippen molar-refractivity contribution in [3.8, 4) is 5.75 Å². The quantitative estimate of drug-likeness (QED) is 0.860. The van der Waals surface area contributed by atoms with Crippen molar-refractivity contribution in [2.45, 2.75) is 26.3 Å². The molecule has 0 bridgehead atoms. The molecular weight excluding hydrogens is 326 g/mol. The van der Waals surface area contributed by atoms with Crippen LogP contribution in [0.4, 0.5) is 13.6 Å². The number of fused-ring (bicyclic) bond motifs is 1. The van der Waals surface area contributed by atoms with Crippen LogP contribution in [0.3, 0.4) is 0 Å². The normalized spacial score (nSPS) is 20.1. The van der Waals surface area contributed by atoms with Gasteiger partial charge in [-0.05, 0) is 16.8 Å². The van der Waals surface area contributed by atoms with Crippen LogP contribution in [-0.4, -0.2) is 25.6 Å². The van der Waals surface area contributed by atoms with Gasteiger partial charge in [-0.3, -0.25) is 0 Å². The second-order valence-electron chi connectivity index (χ2n) is 6.93. The number of carbonyl (C=O) groups is 1. The van der Waals surface area contributed by atoms with E-state index in [1.165, 1.54) is 13.8 Å². The predicted molar refractivity (Wildman–Crippen MR) is 93.0 cm³/mol. The van der Waals surface area contributed by atoms with Crippen molar-refractivity contribution >= 4 is 16.8 Å². The van der Waals surface area contributed by atoms with E-state index in [0.717, 1.165) is 16.3 Å². The van der Waals surface area contributed by atoms with Crippen LogP contribution < -0.4 is 15.4 Å². The van der Waals surface area contributed by atoms with Crippen LogP contribution in [0.1, 0.15) is 19.4 Å². The van der Waals surface area contributed by atoms with Gasteiger partial charge in [0.2, 0.25) is 0 Å². The summed E-state index contributed by atoms with van der Waals surface area (Å²) in [6.07, 6.45) is 0. The average Bonchev–Trinajstić information content (AvgIpc) is 2.98. The van der Waals surface area contributed by atoms with Gasteiger partial charge in [0.15, 0.2) is 0 Å². The summed E-state index contributed by atoms with van der Waals surface area (Å²) in [5, 5.41) is 7.29. The van der Waals surface area contributed by atoms with Gasteiger partial charge in [0, 0.05) is 24.1 Å². The summed E-state index contributed by atoms with van der Waals surface area (Å²) >= 11 is 0. The minimum absolute atomic E-state index is 0.0431. The lowest BCUT2D eigenvalue weighted by Crippen LogP contribution is -2.37. The molecule has 1 fully saturated rings. The van der Waals surface area contributed by atoms with Crippen molar-refractivity contribution in [1.82, 2.24) is 10.6 Å². The van der Waals surface area contributed by atoms with E-state index in [1.54, 1.807) is 7.11 Å². The number of nitrogens with one attached hydrogen (secondary N) is 2. The van der Waals surface area contributed by atoms with Crippen molar-refractivity contribution in [1.29, 1.82) is 0 Å². The van der Waals surface area contributed by atoms with Crippen LogP contribution in [0.15, 0.2) is 36.4 Å². The fourth-order valence-corrected chi connectivity index (χ4v) is 3.26. The van der Waals surface area contributed by atoms with Gasteiger partial charge in [0.25, 0.3) is 5.92 Å². The molecule has 25 heavy (non-hydrogen) atoms. The van der Waals surface area contributed by atoms with E-state index in [4.69, 9.17) is 4.74 Å². The molecule has 0 spiro atoms. The maximum atomic E-state index is 13.6. The van der Waals surface area contributed by atoms with Crippen molar-refractivity contribution in [2.75, 3.05) is 13.7 Å². The molecule has 3 rings (SSSR count). The molecule has 1 aliphatic rings. The van der Waals surface area contributed by atoms with Crippen molar-refractivity contribution in [2.24, 2.45) is 11.3 Å².